The number of aromatic nitrogens is 4. The van der Waals surface area contributed by atoms with E-state index in [9.17, 15) is 9.18 Å². The van der Waals surface area contributed by atoms with Crippen LogP contribution in [0.3, 0.4) is 0 Å². The highest BCUT2D eigenvalue weighted by Crippen LogP contribution is 2.36. The van der Waals surface area contributed by atoms with Crippen molar-refractivity contribution >= 4 is 39.1 Å². The van der Waals surface area contributed by atoms with Crippen LogP contribution >= 0.6 is 23.1 Å². The molecule has 6 rings (SSSR count). The molecule has 0 atom stereocenters. The quantitative estimate of drug-likeness (QED) is 0.300. The fraction of sp³-hybridized carbons (Fsp3) is 0.269. The molecule has 1 aliphatic heterocycles. The zero-order valence-corrected chi connectivity index (χ0v) is 20.9. The van der Waals surface area contributed by atoms with Gasteiger partial charge in [0.05, 0.1) is 5.39 Å². The number of nitrogens with zero attached hydrogens (tertiary/aromatic N) is 5. The predicted octanol–water partition coefficient (Wildman–Crippen LogP) is 5.12. The molecule has 3 aromatic heterocycles. The molecule has 0 amide bonds. The van der Waals surface area contributed by atoms with Crippen LogP contribution in [0.15, 0.2) is 64.5 Å². The summed E-state index contributed by atoms with van der Waals surface area (Å²) in [5, 5.41) is 10.4. The van der Waals surface area contributed by atoms with Crippen molar-refractivity contribution < 1.29 is 4.39 Å². The third kappa shape index (κ3) is 4.07. The summed E-state index contributed by atoms with van der Waals surface area (Å²) >= 11 is 3.24. The van der Waals surface area contributed by atoms with Gasteiger partial charge in [0.1, 0.15) is 10.6 Å². The van der Waals surface area contributed by atoms with Crippen molar-refractivity contribution in [1.29, 1.82) is 0 Å². The van der Waals surface area contributed by atoms with E-state index in [1.165, 1.54) is 28.1 Å². The second-order valence-corrected chi connectivity index (χ2v) is 10.7. The number of benzene rings is 2. The first-order chi connectivity index (χ1) is 17.1. The van der Waals surface area contributed by atoms with Gasteiger partial charge in [-0.15, -0.1) is 21.5 Å². The lowest BCUT2D eigenvalue weighted by molar-refractivity contribution is 0.249. The number of thioether (sulfide) groups is 1. The molecule has 35 heavy (non-hydrogen) atoms. The molecule has 0 fully saturated rings. The molecule has 178 valence electrons. The Kier molecular flexibility index (Phi) is 5.91. The first-order valence-electron chi connectivity index (χ1n) is 11.7. The van der Waals surface area contributed by atoms with Crippen molar-refractivity contribution in [2.75, 3.05) is 6.54 Å². The standard InChI is InChI=1S/C26H24FN5OS2/c1-2-31-23(33)22-20-12-13-30(14-17-6-4-3-5-7-17)15-21(20)35-24(22)32-25(31)28-29-26(32)34-16-18-8-10-19(27)11-9-18/h3-11H,2,12-16H2,1H3. The molecule has 0 saturated heterocycles. The minimum Gasteiger partial charge on any atom is -0.294 e. The molecule has 0 N–H and O–H groups in total. The molecule has 5 aromatic rings. The van der Waals surface area contributed by atoms with Crippen LogP contribution in [-0.2, 0) is 31.8 Å². The van der Waals surface area contributed by atoms with E-state index in [0.29, 0.717) is 18.1 Å². The molecular formula is C26H24FN5OS2. The third-order valence-electron chi connectivity index (χ3n) is 6.48. The van der Waals surface area contributed by atoms with Gasteiger partial charge in [0.15, 0.2) is 5.16 Å². The lowest BCUT2D eigenvalue weighted by Crippen LogP contribution is -2.30. The highest BCUT2D eigenvalue weighted by atomic mass is 32.2. The van der Waals surface area contributed by atoms with E-state index in [2.05, 4.69) is 39.4 Å². The SMILES string of the molecule is CCn1c(=O)c2c3c(sc2n2c(SCc4ccc(F)cc4)nnc12)CN(Cc1ccccc1)CC3. The van der Waals surface area contributed by atoms with E-state index < -0.39 is 0 Å². The maximum Gasteiger partial charge on any atom is 0.263 e. The number of thiophene rings is 1. The molecule has 0 saturated carbocycles. The summed E-state index contributed by atoms with van der Waals surface area (Å²) in [4.78, 5) is 18.1. The molecule has 0 aliphatic carbocycles. The van der Waals surface area contributed by atoms with Crippen molar-refractivity contribution in [3.05, 3.63) is 92.3 Å². The summed E-state index contributed by atoms with van der Waals surface area (Å²) in [5.41, 5.74) is 3.50. The fourth-order valence-electron chi connectivity index (χ4n) is 4.74. The zero-order valence-electron chi connectivity index (χ0n) is 19.3. The first-order valence-corrected chi connectivity index (χ1v) is 13.5. The van der Waals surface area contributed by atoms with Gasteiger partial charge >= 0.3 is 0 Å². The highest BCUT2D eigenvalue weighted by molar-refractivity contribution is 7.98. The van der Waals surface area contributed by atoms with Gasteiger partial charge in [-0.05, 0) is 42.2 Å². The average Bonchev–Trinajstić information content (AvgIpc) is 3.46. The third-order valence-corrected chi connectivity index (χ3v) is 8.69. The van der Waals surface area contributed by atoms with Gasteiger partial charge in [-0.1, -0.05) is 54.2 Å². The average molecular weight is 506 g/mol. The maximum atomic E-state index is 13.5. The lowest BCUT2D eigenvalue weighted by Gasteiger charge is -2.26. The Balaban J connectivity index is 1.40. The Morgan fingerprint density at radius 2 is 1.86 bits per heavy atom. The number of fused-ring (bicyclic) bond motifs is 5. The predicted molar refractivity (Wildman–Crippen MR) is 139 cm³/mol. The summed E-state index contributed by atoms with van der Waals surface area (Å²) < 4.78 is 17.1. The van der Waals surface area contributed by atoms with E-state index in [4.69, 9.17) is 0 Å². The topological polar surface area (TPSA) is 55.4 Å². The van der Waals surface area contributed by atoms with Crippen molar-refractivity contribution in [2.24, 2.45) is 0 Å². The molecule has 9 heteroatoms. The van der Waals surface area contributed by atoms with Gasteiger partial charge in [-0.25, -0.2) is 8.79 Å². The maximum absolute atomic E-state index is 13.5. The zero-order chi connectivity index (χ0) is 23.9. The van der Waals surface area contributed by atoms with Crippen LogP contribution in [0.25, 0.3) is 16.0 Å². The van der Waals surface area contributed by atoms with Crippen LogP contribution in [0.5, 0.6) is 0 Å². The molecule has 0 radical (unpaired) electrons. The van der Waals surface area contributed by atoms with Crippen molar-refractivity contribution in [3.8, 4) is 0 Å². The molecule has 0 spiro atoms. The van der Waals surface area contributed by atoms with Crippen LogP contribution < -0.4 is 5.56 Å². The van der Waals surface area contributed by atoms with Crippen LogP contribution in [0.4, 0.5) is 4.39 Å². The minimum absolute atomic E-state index is 0.0199. The van der Waals surface area contributed by atoms with Gasteiger partial charge in [-0.3, -0.25) is 14.3 Å². The fourth-order valence-corrected chi connectivity index (χ4v) is 7.07. The van der Waals surface area contributed by atoms with Gasteiger partial charge in [0, 0.05) is 36.8 Å². The Bertz CT molecular complexity index is 1570. The lowest BCUT2D eigenvalue weighted by atomic mass is 10.0. The van der Waals surface area contributed by atoms with Crippen LogP contribution in [-0.4, -0.2) is 30.6 Å². The number of aryl methyl sites for hydroxylation is 1. The molecule has 0 bridgehead atoms. The molecule has 1 aliphatic rings. The number of rotatable bonds is 6. The largest absolute Gasteiger partial charge is 0.294 e. The Morgan fingerprint density at radius 1 is 1.06 bits per heavy atom. The Hall–Kier alpha value is -3.01. The van der Waals surface area contributed by atoms with Gasteiger partial charge in [0.2, 0.25) is 5.78 Å². The second kappa shape index (κ2) is 9.22. The summed E-state index contributed by atoms with van der Waals surface area (Å²) in [6.45, 7) is 5.15. The second-order valence-electron chi connectivity index (χ2n) is 8.71. The summed E-state index contributed by atoms with van der Waals surface area (Å²) in [6.07, 6.45) is 0.854. The number of hydrogen-bond acceptors (Lipinski definition) is 6. The van der Waals surface area contributed by atoms with Gasteiger partial charge in [-0.2, -0.15) is 0 Å². The molecule has 4 heterocycles. The van der Waals surface area contributed by atoms with E-state index >= 15 is 0 Å². The molecule has 2 aromatic carbocycles. The molecule has 0 unspecified atom stereocenters. The van der Waals surface area contributed by atoms with Gasteiger partial charge < -0.3 is 0 Å². The Morgan fingerprint density at radius 3 is 2.63 bits per heavy atom. The van der Waals surface area contributed by atoms with E-state index in [1.54, 1.807) is 39.8 Å². The van der Waals surface area contributed by atoms with Crippen molar-refractivity contribution in [1.82, 2.24) is 24.1 Å². The van der Waals surface area contributed by atoms with E-state index in [1.807, 2.05) is 17.4 Å². The number of halogens is 1. The monoisotopic (exact) mass is 505 g/mol. The smallest absolute Gasteiger partial charge is 0.263 e. The summed E-state index contributed by atoms with van der Waals surface area (Å²) in [5.74, 6) is 0.973. The highest BCUT2D eigenvalue weighted by Gasteiger charge is 2.27. The number of hydrogen-bond donors (Lipinski definition) is 0. The van der Waals surface area contributed by atoms with E-state index in [0.717, 1.165) is 47.0 Å². The molecule has 6 nitrogen and oxygen atoms in total. The van der Waals surface area contributed by atoms with Crippen LogP contribution in [0.2, 0.25) is 0 Å². The summed E-state index contributed by atoms with van der Waals surface area (Å²) in [6, 6.07) is 17.0. The van der Waals surface area contributed by atoms with Crippen LogP contribution in [0, 0.1) is 5.82 Å². The minimum atomic E-state index is -0.245. The molecular weight excluding hydrogens is 481 g/mol. The first kappa shape index (κ1) is 22.5. The summed E-state index contributed by atoms with van der Waals surface area (Å²) in [7, 11) is 0. The van der Waals surface area contributed by atoms with Crippen molar-refractivity contribution in [3.63, 3.8) is 0 Å². The Labute approximate surface area is 210 Å². The van der Waals surface area contributed by atoms with Crippen molar-refractivity contribution in [2.45, 2.75) is 43.9 Å². The van der Waals surface area contributed by atoms with E-state index in [-0.39, 0.29) is 11.4 Å². The van der Waals surface area contributed by atoms with Crippen LogP contribution in [0.1, 0.15) is 28.5 Å². The normalized spacial score (nSPS) is 14.1. The van der Waals surface area contributed by atoms with Gasteiger partial charge in [0.25, 0.3) is 5.56 Å².